The summed E-state index contributed by atoms with van der Waals surface area (Å²) in [6.07, 6.45) is 6.89. The number of carbonyl (C=O) groups is 2. The van der Waals surface area contributed by atoms with Gasteiger partial charge in [-0.1, -0.05) is 55.8 Å². The number of ether oxygens (including phenoxy) is 1. The number of nitrogens with one attached hydrogen (secondary N) is 2. The van der Waals surface area contributed by atoms with Crippen molar-refractivity contribution in [1.82, 2.24) is 15.5 Å². The molecule has 35 heavy (non-hydrogen) atoms. The highest BCUT2D eigenvalue weighted by atomic mass is 35.5. The van der Waals surface area contributed by atoms with Crippen molar-refractivity contribution in [2.75, 3.05) is 32.8 Å². The molecular weight excluding hydrogens is 475 g/mol. The summed E-state index contributed by atoms with van der Waals surface area (Å²) in [5, 5.41) is 14.0. The van der Waals surface area contributed by atoms with E-state index in [9.17, 15) is 14.0 Å². The van der Waals surface area contributed by atoms with Gasteiger partial charge in [-0.15, -0.1) is 0 Å². The van der Waals surface area contributed by atoms with E-state index in [2.05, 4.69) is 10.6 Å². The summed E-state index contributed by atoms with van der Waals surface area (Å²) in [5.74, 6) is -0.0695. The summed E-state index contributed by atoms with van der Waals surface area (Å²) in [7, 11) is 0. The maximum Gasteiger partial charge on any atom is 0.404 e. The molecule has 3 amide bonds. The Labute approximate surface area is 211 Å². The van der Waals surface area contributed by atoms with Crippen molar-refractivity contribution < 1.29 is 23.8 Å². The minimum absolute atomic E-state index is 0.00266. The lowest BCUT2D eigenvalue weighted by atomic mass is 9.85. The fourth-order valence-electron chi connectivity index (χ4n) is 5.27. The summed E-state index contributed by atoms with van der Waals surface area (Å²) in [4.78, 5) is 25.4. The second-order valence-electron chi connectivity index (χ2n) is 9.70. The number of piperidine rings is 1. The summed E-state index contributed by atoms with van der Waals surface area (Å²) in [5.41, 5.74) is 6.61. The number of hydrogen-bond donors (Lipinski definition) is 4. The molecule has 0 aromatic heterocycles. The number of carboxylic acid groups (broad SMARTS) is 1. The Morgan fingerprint density at radius 2 is 1.97 bits per heavy atom. The molecule has 2 fully saturated rings. The van der Waals surface area contributed by atoms with Crippen LogP contribution in [-0.2, 0) is 4.74 Å². The molecule has 1 aromatic carbocycles. The fraction of sp³-hybridized carbons (Fsp3) is 0.680. The third-order valence-corrected chi connectivity index (χ3v) is 7.31. The molecule has 8 nitrogen and oxygen atoms in total. The van der Waals surface area contributed by atoms with E-state index in [1.807, 2.05) is 0 Å². The molecule has 1 heterocycles. The van der Waals surface area contributed by atoms with E-state index in [-0.39, 0.29) is 36.2 Å². The summed E-state index contributed by atoms with van der Waals surface area (Å²) >= 11 is 6.01. The van der Waals surface area contributed by atoms with Gasteiger partial charge in [0.1, 0.15) is 5.82 Å². The average Bonchev–Trinajstić information content (AvgIpc) is 2.85. The zero-order valence-corrected chi connectivity index (χ0v) is 20.9. The smallest absolute Gasteiger partial charge is 0.404 e. The van der Waals surface area contributed by atoms with Gasteiger partial charge in [-0.2, -0.15) is 0 Å². The van der Waals surface area contributed by atoms with Crippen molar-refractivity contribution in [3.63, 3.8) is 0 Å². The summed E-state index contributed by atoms with van der Waals surface area (Å²) < 4.78 is 20.8. The predicted octanol–water partition coefficient (Wildman–Crippen LogP) is 4.52. The number of urea groups is 1. The van der Waals surface area contributed by atoms with E-state index >= 15 is 0 Å². The van der Waals surface area contributed by atoms with Gasteiger partial charge in [0, 0.05) is 43.7 Å². The molecule has 1 aliphatic heterocycles. The predicted molar refractivity (Wildman–Crippen MR) is 133 cm³/mol. The van der Waals surface area contributed by atoms with Crippen LogP contribution in [0.25, 0.3) is 0 Å². The third kappa shape index (κ3) is 8.51. The van der Waals surface area contributed by atoms with Crippen LogP contribution in [0.2, 0.25) is 5.02 Å². The molecule has 5 N–H and O–H groups in total. The zero-order valence-electron chi connectivity index (χ0n) is 20.2. The van der Waals surface area contributed by atoms with E-state index < -0.39 is 18.0 Å². The Hall–Kier alpha value is -2.10. The minimum atomic E-state index is -1.15. The summed E-state index contributed by atoms with van der Waals surface area (Å²) in [6, 6.07) is 4.52. The first-order chi connectivity index (χ1) is 16.8. The quantitative estimate of drug-likeness (QED) is 0.344. The number of halogens is 2. The Balaban J connectivity index is 1.58. The molecule has 196 valence electrons. The van der Waals surface area contributed by atoms with Crippen molar-refractivity contribution in [2.45, 2.75) is 63.5 Å². The van der Waals surface area contributed by atoms with E-state index in [0.29, 0.717) is 31.1 Å². The van der Waals surface area contributed by atoms with Crippen molar-refractivity contribution in [1.29, 1.82) is 0 Å². The van der Waals surface area contributed by atoms with Crippen LogP contribution in [0.5, 0.6) is 0 Å². The van der Waals surface area contributed by atoms with Gasteiger partial charge < -0.3 is 31.1 Å². The highest BCUT2D eigenvalue weighted by molar-refractivity contribution is 6.30. The van der Waals surface area contributed by atoms with Gasteiger partial charge >= 0.3 is 12.1 Å². The number of nitrogens with zero attached hydrogens (tertiary/aromatic N) is 1. The van der Waals surface area contributed by atoms with Crippen LogP contribution in [0.15, 0.2) is 18.2 Å². The molecule has 0 radical (unpaired) electrons. The standard InChI is InChI=1S/C25H38ClFN4O4/c26-21-10-4-9-20(22(21)27)23(35-13-11-29-25(33)34)18-8-5-12-31(16-18)24(32)30-15-19(28)14-17-6-2-1-3-7-17/h4,9-10,17-19,23,29H,1-3,5-8,11-16,28H2,(H,30,32)(H,33,34)/t18-,19-,23?/m1/s1. The van der Waals surface area contributed by atoms with Crippen LogP contribution in [-0.4, -0.2) is 61.0 Å². The Morgan fingerprint density at radius 1 is 1.20 bits per heavy atom. The number of rotatable bonds is 10. The van der Waals surface area contributed by atoms with Crippen LogP contribution in [0.3, 0.4) is 0 Å². The Kier molecular flexibility index (Phi) is 10.9. The largest absolute Gasteiger partial charge is 0.465 e. The molecule has 0 bridgehead atoms. The molecule has 0 spiro atoms. The normalized spacial score (nSPS) is 20.8. The van der Waals surface area contributed by atoms with E-state index in [4.69, 9.17) is 27.2 Å². The van der Waals surface area contributed by atoms with Crippen molar-refractivity contribution >= 4 is 23.7 Å². The fourth-order valence-corrected chi connectivity index (χ4v) is 5.45. The SMILES string of the molecule is N[C@@H](CNC(=O)N1CCC[C@@H](C(OCCNC(=O)O)c2cccc(Cl)c2F)C1)CC1CCCCC1. The second-order valence-corrected chi connectivity index (χ2v) is 10.1. The molecule has 3 rings (SSSR count). The molecule has 1 unspecified atom stereocenters. The maximum absolute atomic E-state index is 14.9. The minimum Gasteiger partial charge on any atom is -0.465 e. The number of carbonyl (C=O) groups excluding carboxylic acids is 1. The van der Waals surface area contributed by atoms with Gasteiger partial charge in [0.15, 0.2) is 0 Å². The average molecular weight is 513 g/mol. The molecule has 3 atom stereocenters. The molecule has 1 saturated heterocycles. The van der Waals surface area contributed by atoms with Crippen molar-refractivity contribution in [2.24, 2.45) is 17.6 Å². The van der Waals surface area contributed by atoms with Crippen molar-refractivity contribution in [3.8, 4) is 0 Å². The van der Waals surface area contributed by atoms with Crippen LogP contribution < -0.4 is 16.4 Å². The van der Waals surface area contributed by atoms with Crippen molar-refractivity contribution in [3.05, 3.63) is 34.6 Å². The molecule has 10 heteroatoms. The zero-order chi connectivity index (χ0) is 25.2. The van der Waals surface area contributed by atoms with Crippen LogP contribution in [0.1, 0.15) is 63.0 Å². The topological polar surface area (TPSA) is 117 Å². The van der Waals surface area contributed by atoms with Crippen LogP contribution >= 0.6 is 11.6 Å². The van der Waals surface area contributed by atoms with E-state index in [1.54, 1.807) is 17.0 Å². The lowest BCUT2D eigenvalue weighted by Crippen LogP contribution is -2.49. The van der Waals surface area contributed by atoms with Gasteiger partial charge in [0.2, 0.25) is 0 Å². The van der Waals surface area contributed by atoms with Gasteiger partial charge in [0.05, 0.1) is 17.7 Å². The first-order valence-corrected chi connectivity index (χ1v) is 13.0. The molecule has 2 aliphatic rings. The lowest BCUT2D eigenvalue weighted by Gasteiger charge is -2.37. The lowest BCUT2D eigenvalue weighted by molar-refractivity contribution is -0.0103. The summed E-state index contributed by atoms with van der Waals surface area (Å²) in [6.45, 7) is 1.57. The number of amides is 3. The van der Waals surface area contributed by atoms with Crippen LogP contribution in [0, 0.1) is 17.7 Å². The number of likely N-dealkylation sites (tertiary alicyclic amines) is 1. The van der Waals surface area contributed by atoms with Gasteiger partial charge in [-0.25, -0.2) is 14.0 Å². The molecular formula is C25H38ClFN4O4. The highest BCUT2D eigenvalue weighted by Gasteiger charge is 2.33. The molecule has 1 saturated carbocycles. The van der Waals surface area contributed by atoms with Gasteiger partial charge in [-0.05, 0) is 31.2 Å². The Morgan fingerprint density at radius 3 is 2.71 bits per heavy atom. The second kappa shape index (κ2) is 13.8. The van der Waals surface area contributed by atoms with E-state index in [1.165, 1.54) is 38.2 Å². The number of hydrogen-bond acceptors (Lipinski definition) is 4. The van der Waals surface area contributed by atoms with Gasteiger partial charge in [-0.3, -0.25) is 0 Å². The molecule has 1 aliphatic carbocycles. The van der Waals surface area contributed by atoms with Crippen LogP contribution in [0.4, 0.5) is 14.0 Å². The number of nitrogens with two attached hydrogens (primary N) is 1. The molecule has 1 aromatic rings. The Bertz CT molecular complexity index is 840. The van der Waals surface area contributed by atoms with Gasteiger partial charge in [0.25, 0.3) is 0 Å². The highest BCUT2D eigenvalue weighted by Crippen LogP contribution is 2.36. The van der Waals surface area contributed by atoms with E-state index in [0.717, 1.165) is 19.3 Å². The monoisotopic (exact) mass is 512 g/mol. The first kappa shape index (κ1) is 27.5. The first-order valence-electron chi connectivity index (χ1n) is 12.7. The maximum atomic E-state index is 14.9. The number of benzene rings is 1. The third-order valence-electron chi connectivity index (χ3n) is 7.01.